The predicted molar refractivity (Wildman–Crippen MR) is 127 cm³/mol. The summed E-state index contributed by atoms with van der Waals surface area (Å²) in [4.78, 5) is 38.5. The third-order valence-corrected chi connectivity index (χ3v) is 6.35. The van der Waals surface area contributed by atoms with Gasteiger partial charge in [-0.05, 0) is 86.3 Å². The maximum atomic E-state index is 12.4. The number of ether oxygens (including phenoxy) is 2. The molecule has 0 fully saturated rings. The SMILES string of the molecule is CCOc1ccc(NC(=O)c2ccc(NC(=O)COC(=O)c3cc4c(s3)CCC4)cc2)cc1. The van der Waals surface area contributed by atoms with Crippen LogP contribution in [0.5, 0.6) is 5.75 Å². The van der Waals surface area contributed by atoms with Crippen molar-refractivity contribution in [2.75, 3.05) is 23.8 Å². The zero-order valence-corrected chi connectivity index (χ0v) is 19.0. The van der Waals surface area contributed by atoms with E-state index in [9.17, 15) is 14.4 Å². The topological polar surface area (TPSA) is 93.7 Å². The van der Waals surface area contributed by atoms with Gasteiger partial charge in [-0.1, -0.05) is 0 Å². The van der Waals surface area contributed by atoms with Gasteiger partial charge in [-0.3, -0.25) is 9.59 Å². The molecular weight excluding hydrogens is 440 g/mol. The number of anilines is 2. The molecule has 0 saturated carbocycles. The van der Waals surface area contributed by atoms with Crippen molar-refractivity contribution < 1.29 is 23.9 Å². The molecule has 2 N–H and O–H groups in total. The van der Waals surface area contributed by atoms with Gasteiger partial charge in [0.2, 0.25) is 0 Å². The standard InChI is InChI=1S/C25H24N2O5S/c1-2-31-20-12-10-19(11-13-20)27-24(29)16-6-8-18(9-7-16)26-23(28)15-32-25(30)22-14-17-4-3-5-21(17)33-22/h6-14H,2-5,15H2,1H3,(H,26,28)(H,27,29). The van der Waals surface area contributed by atoms with Gasteiger partial charge < -0.3 is 20.1 Å². The quantitative estimate of drug-likeness (QED) is 0.472. The summed E-state index contributed by atoms with van der Waals surface area (Å²) >= 11 is 1.44. The molecule has 170 valence electrons. The third kappa shape index (κ3) is 5.78. The second-order valence-corrected chi connectivity index (χ2v) is 8.66. The first-order valence-electron chi connectivity index (χ1n) is 10.7. The van der Waals surface area contributed by atoms with Crippen LogP contribution in [0.2, 0.25) is 0 Å². The summed E-state index contributed by atoms with van der Waals surface area (Å²) in [5, 5.41) is 5.48. The lowest BCUT2D eigenvalue weighted by molar-refractivity contribution is -0.119. The van der Waals surface area contributed by atoms with E-state index in [4.69, 9.17) is 9.47 Å². The van der Waals surface area contributed by atoms with E-state index >= 15 is 0 Å². The highest BCUT2D eigenvalue weighted by Gasteiger charge is 2.20. The molecule has 0 radical (unpaired) electrons. The maximum absolute atomic E-state index is 12.4. The number of hydrogen-bond donors (Lipinski definition) is 2. The minimum atomic E-state index is -0.481. The van der Waals surface area contributed by atoms with Crippen LogP contribution in [0.15, 0.2) is 54.6 Å². The van der Waals surface area contributed by atoms with Crippen LogP contribution in [0.1, 0.15) is 43.8 Å². The van der Waals surface area contributed by atoms with Crippen molar-refractivity contribution >= 4 is 40.5 Å². The lowest BCUT2D eigenvalue weighted by Crippen LogP contribution is -2.20. The molecule has 0 atom stereocenters. The van der Waals surface area contributed by atoms with Crippen LogP contribution in [0.25, 0.3) is 0 Å². The van der Waals surface area contributed by atoms with Gasteiger partial charge in [0.25, 0.3) is 11.8 Å². The molecule has 1 aliphatic carbocycles. The van der Waals surface area contributed by atoms with Gasteiger partial charge in [-0.25, -0.2) is 4.79 Å². The van der Waals surface area contributed by atoms with E-state index in [0.29, 0.717) is 28.4 Å². The Morgan fingerprint density at radius 1 is 0.939 bits per heavy atom. The first-order chi connectivity index (χ1) is 16.0. The lowest BCUT2D eigenvalue weighted by Gasteiger charge is -2.09. The summed E-state index contributed by atoms with van der Waals surface area (Å²) in [6.07, 6.45) is 3.12. The molecule has 0 bridgehead atoms. The summed E-state index contributed by atoms with van der Waals surface area (Å²) in [5.41, 5.74) is 2.81. The first kappa shape index (κ1) is 22.5. The van der Waals surface area contributed by atoms with E-state index in [-0.39, 0.29) is 12.5 Å². The molecule has 0 spiro atoms. The molecule has 2 aromatic carbocycles. The van der Waals surface area contributed by atoms with E-state index < -0.39 is 11.9 Å². The summed E-state index contributed by atoms with van der Waals surface area (Å²) in [5.74, 6) is -0.459. The Bertz CT molecular complexity index is 1130. The molecule has 1 aliphatic rings. The van der Waals surface area contributed by atoms with Crippen LogP contribution in [-0.4, -0.2) is 31.0 Å². The van der Waals surface area contributed by atoms with Gasteiger partial charge in [-0.2, -0.15) is 0 Å². The fourth-order valence-corrected chi connectivity index (χ4v) is 4.69. The number of rotatable bonds is 8. The van der Waals surface area contributed by atoms with Crippen molar-refractivity contribution in [2.24, 2.45) is 0 Å². The van der Waals surface area contributed by atoms with Crippen molar-refractivity contribution in [2.45, 2.75) is 26.2 Å². The van der Waals surface area contributed by atoms with Gasteiger partial charge in [0.15, 0.2) is 6.61 Å². The zero-order chi connectivity index (χ0) is 23.2. The fraction of sp³-hybridized carbons (Fsp3) is 0.240. The van der Waals surface area contributed by atoms with Crippen molar-refractivity contribution in [3.63, 3.8) is 0 Å². The normalized spacial score (nSPS) is 12.0. The molecule has 7 nitrogen and oxygen atoms in total. The first-order valence-corrected chi connectivity index (χ1v) is 11.6. The maximum Gasteiger partial charge on any atom is 0.348 e. The van der Waals surface area contributed by atoms with E-state index in [0.717, 1.165) is 25.0 Å². The van der Waals surface area contributed by atoms with Gasteiger partial charge in [0.1, 0.15) is 10.6 Å². The number of carbonyl (C=O) groups is 3. The van der Waals surface area contributed by atoms with Crippen LogP contribution in [0, 0.1) is 0 Å². The second kappa shape index (κ2) is 10.3. The van der Waals surface area contributed by atoms with Crippen LogP contribution in [0.3, 0.4) is 0 Å². The van der Waals surface area contributed by atoms with Gasteiger partial charge in [0.05, 0.1) is 6.61 Å². The van der Waals surface area contributed by atoms with Crippen molar-refractivity contribution in [3.05, 3.63) is 75.5 Å². The van der Waals surface area contributed by atoms with Gasteiger partial charge in [-0.15, -0.1) is 11.3 Å². The van der Waals surface area contributed by atoms with Gasteiger partial charge in [0, 0.05) is 21.8 Å². The second-order valence-electron chi connectivity index (χ2n) is 7.53. The molecule has 3 aromatic rings. The highest BCUT2D eigenvalue weighted by Crippen LogP contribution is 2.30. The molecular formula is C25H24N2O5S. The van der Waals surface area contributed by atoms with E-state index in [1.54, 1.807) is 48.5 Å². The molecule has 4 rings (SSSR count). The third-order valence-electron chi connectivity index (χ3n) is 5.14. The molecule has 33 heavy (non-hydrogen) atoms. The number of fused-ring (bicyclic) bond motifs is 1. The number of amides is 2. The minimum absolute atomic E-state index is 0.270. The van der Waals surface area contributed by atoms with Crippen LogP contribution >= 0.6 is 11.3 Å². The Hall–Kier alpha value is -3.65. The van der Waals surface area contributed by atoms with E-state index in [2.05, 4.69) is 10.6 Å². The van der Waals surface area contributed by atoms with Crippen LogP contribution in [-0.2, 0) is 22.4 Å². The number of thiophene rings is 1. The summed E-state index contributed by atoms with van der Waals surface area (Å²) in [6, 6.07) is 15.4. The smallest absolute Gasteiger partial charge is 0.348 e. The molecule has 0 aliphatic heterocycles. The van der Waals surface area contributed by atoms with Crippen molar-refractivity contribution in [3.8, 4) is 5.75 Å². The number of aryl methyl sites for hydroxylation is 2. The van der Waals surface area contributed by atoms with Crippen LogP contribution in [0.4, 0.5) is 11.4 Å². The summed E-state index contributed by atoms with van der Waals surface area (Å²) in [6.45, 7) is 2.11. The Labute approximate surface area is 195 Å². The Kier molecular flexibility index (Phi) is 7.04. The number of carbonyl (C=O) groups excluding carboxylic acids is 3. The molecule has 0 saturated heterocycles. The zero-order valence-electron chi connectivity index (χ0n) is 18.2. The van der Waals surface area contributed by atoms with Crippen LogP contribution < -0.4 is 15.4 Å². The number of hydrogen-bond acceptors (Lipinski definition) is 6. The Morgan fingerprint density at radius 3 is 2.33 bits per heavy atom. The monoisotopic (exact) mass is 464 g/mol. The number of nitrogens with one attached hydrogen (secondary N) is 2. The average molecular weight is 465 g/mol. The summed E-state index contributed by atoms with van der Waals surface area (Å²) < 4.78 is 10.5. The minimum Gasteiger partial charge on any atom is -0.494 e. The fourth-order valence-electron chi connectivity index (χ4n) is 3.54. The Morgan fingerprint density at radius 2 is 1.64 bits per heavy atom. The summed E-state index contributed by atoms with van der Waals surface area (Å²) in [7, 11) is 0. The Balaban J connectivity index is 1.25. The molecule has 1 aromatic heterocycles. The predicted octanol–water partition coefficient (Wildman–Crippen LogP) is 4.68. The highest BCUT2D eigenvalue weighted by molar-refractivity contribution is 7.14. The molecule has 8 heteroatoms. The average Bonchev–Trinajstić information content (AvgIpc) is 3.42. The highest BCUT2D eigenvalue weighted by atomic mass is 32.1. The molecule has 1 heterocycles. The molecule has 0 unspecified atom stereocenters. The largest absolute Gasteiger partial charge is 0.494 e. The number of benzene rings is 2. The van der Waals surface area contributed by atoms with Crippen molar-refractivity contribution in [1.29, 1.82) is 0 Å². The molecule has 2 amide bonds. The van der Waals surface area contributed by atoms with Crippen molar-refractivity contribution in [1.82, 2.24) is 0 Å². The van der Waals surface area contributed by atoms with E-state index in [1.165, 1.54) is 21.8 Å². The lowest BCUT2D eigenvalue weighted by atomic mass is 10.2. The number of esters is 1. The van der Waals surface area contributed by atoms with Gasteiger partial charge >= 0.3 is 5.97 Å². The van der Waals surface area contributed by atoms with E-state index in [1.807, 2.05) is 13.0 Å².